The molecular weight excluding hydrogens is 276 g/mol. The van der Waals surface area contributed by atoms with Gasteiger partial charge in [0, 0.05) is 16.4 Å². The summed E-state index contributed by atoms with van der Waals surface area (Å²) in [5, 5.41) is 0.729. The topological polar surface area (TPSA) is 35.5 Å². The zero-order chi connectivity index (χ0) is 14.4. The molecule has 0 aromatic heterocycles. The number of hydrogen-bond donors (Lipinski definition) is 0. The van der Waals surface area contributed by atoms with Gasteiger partial charge >= 0.3 is 5.97 Å². The van der Waals surface area contributed by atoms with Gasteiger partial charge in [-0.1, -0.05) is 30.7 Å². The van der Waals surface area contributed by atoms with Gasteiger partial charge in [-0.15, -0.1) is 0 Å². The molecule has 1 saturated carbocycles. The lowest BCUT2D eigenvalue weighted by atomic mass is 9.67. The van der Waals surface area contributed by atoms with Crippen molar-refractivity contribution >= 4 is 17.6 Å². The molecule has 0 unspecified atom stereocenters. The van der Waals surface area contributed by atoms with Gasteiger partial charge in [0.15, 0.2) is 5.60 Å². The summed E-state index contributed by atoms with van der Waals surface area (Å²) in [5.41, 5.74) is 0.362. The lowest BCUT2D eigenvalue weighted by Crippen LogP contribution is -2.66. The van der Waals surface area contributed by atoms with E-state index in [-0.39, 0.29) is 17.3 Å². The third kappa shape index (κ3) is 1.80. The Morgan fingerprint density at radius 3 is 2.70 bits per heavy atom. The van der Waals surface area contributed by atoms with Crippen LogP contribution in [0.5, 0.6) is 0 Å². The zero-order valence-electron chi connectivity index (χ0n) is 11.8. The SMILES string of the molecule is COC(=O)[C@@]12OC[C@]1(C)CC[C@@H]2Cc1ccc(Cl)cc1. The van der Waals surface area contributed by atoms with Crippen molar-refractivity contribution in [1.29, 1.82) is 0 Å². The van der Waals surface area contributed by atoms with E-state index in [1.807, 2.05) is 24.3 Å². The Balaban J connectivity index is 1.86. The van der Waals surface area contributed by atoms with Crippen molar-refractivity contribution in [2.45, 2.75) is 31.8 Å². The Labute approximate surface area is 124 Å². The van der Waals surface area contributed by atoms with Crippen molar-refractivity contribution in [2.24, 2.45) is 11.3 Å². The van der Waals surface area contributed by atoms with Crippen molar-refractivity contribution in [3.05, 3.63) is 34.9 Å². The molecule has 3 rings (SSSR count). The lowest BCUT2D eigenvalue weighted by Gasteiger charge is -2.53. The van der Waals surface area contributed by atoms with Crippen LogP contribution in [0.3, 0.4) is 0 Å². The summed E-state index contributed by atoms with van der Waals surface area (Å²) in [7, 11) is 1.44. The summed E-state index contributed by atoms with van der Waals surface area (Å²) in [6, 6.07) is 7.80. The number of ether oxygens (including phenoxy) is 2. The molecule has 1 aromatic carbocycles. The summed E-state index contributed by atoms with van der Waals surface area (Å²) in [6.07, 6.45) is 2.83. The van der Waals surface area contributed by atoms with Crippen LogP contribution < -0.4 is 0 Å². The van der Waals surface area contributed by atoms with E-state index in [4.69, 9.17) is 21.1 Å². The highest BCUT2D eigenvalue weighted by atomic mass is 35.5. The van der Waals surface area contributed by atoms with Crippen molar-refractivity contribution < 1.29 is 14.3 Å². The van der Waals surface area contributed by atoms with E-state index >= 15 is 0 Å². The van der Waals surface area contributed by atoms with Gasteiger partial charge in [-0.3, -0.25) is 0 Å². The van der Waals surface area contributed by atoms with Crippen LogP contribution in [-0.4, -0.2) is 25.3 Å². The molecule has 0 N–H and O–H groups in total. The van der Waals surface area contributed by atoms with Crippen molar-refractivity contribution in [3.8, 4) is 0 Å². The molecule has 1 aliphatic heterocycles. The standard InChI is InChI=1S/C16H19ClO3/c1-15-8-7-12(9-11-3-5-13(17)6-4-11)16(15,20-10-15)14(18)19-2/h3-6,12H,7-10H2,1-2H3/t12-,15+,16-/m1/s1. The molecule has 1 aromatic rings. The maximum atomic E-state index is 12.3. The summed E-state index contributed by atoms with van der Waals surface area (Å²) in [6.45, 7) is 2.79. The second-order valence-corrected chi connectivity index (χ2v) is 6.58. The van der Waals surface area contributed by atoms with E-state index in [0.29, 0.717) is 6.61 Å². The van der Waals surface area contributed by atoms with Crippen LogP contribution >= 0.6 is 11.6 Å². The van der Waals surface area contributed by atoms with E-state index < -0.39 is 5.60 Å². The van der Waals surface area contributed by atoms with Gasteiger partial charge < -0.3 is 9.47 Å². The maximum Gasteiger partial charge on any atom is 0.339 e. The van der Waals surface area contributed by atoms with Crippen molar-refractivity contribution in [1.82, 2.24) is 0 Å². The fourth-order valence-electron chi connectivity index (χ4n) is 3.81. The van der Waals surface area contributed by atoms with Crippen LogP contribution in [-0.2, 0) is 20.7 Å². The monoisotopic (exact) mass is 294 g/mol. The Kier molecular flexibility index (Phi) is 3.30. The fourth-order valence-corrected chi connectivity index (χ4v) is 3.94. The highest BCUT2D eigenvalue weighted by Crippen LogP contribution is 2.60. The van der Waals surface area contributed by atoms with Gasteiger partial charge in [-0.05, 0) is 37.0 Å². The highest BCUT2D eigenvalue weighted by molar-refractivity contribution is 6.30. The van der Waals surface area contributed by atoms with Gasteiger partial charge in [0.05, 0.1) is 13.7 Å². The number of benzene rings is 1. The number of fused-ring (bicyclic) bond motifs is 1. The smallest absolute Gasteiger partial charge is 0.339 e. The van der Waals surface area contributed by atoms with Gasteiger partial charge in [0.2, 0.25) is 0 Å². The van der Waals surface area contributed by atoms with Crippen LogP contribution in [0.2, 0.25) is 5.02 Å². The minimum atomic E-state index is -0.749. The molecule has 2 fully saturated rings. The van der Waals surface area contributed by atoms with Crippen LogP contribution in [0.15, 0.2) is 24.3 Å². The van der Waals surface area contributed by atoms with Crippen LogP contribution in [0.4, 0.5) is 0 Å². The molecule has 0 amide bonds. The Hall–Kier alpha value is -1.06. The van der Waals surface area contributed by atoms with Crippen molar-refractivity contribution in [3.63, 3.8) is 0 Å². The molecule has 0 bridgehead atoms. The lowest BCUT2D eigenvalue weighted by molar-refractivity contribution is -0.262. The molecule has 108 valence electrons. The fraction of sp³-hybridized carbons (Fsp3) is 0.562. The molecule has 20 heavy (non-hydrogen) atoms. The number of hydrogen-bond acceptors (Lipinski definition) is 3. The first-order chi connectivity index (χ1) is 9.52. The first-order valence-corrected chi connectivity index (χ1v) is 7.36. The van der Waals surface area contributed by atoms with E-state index in [0.717, 1.165) is 24.3 Å². The highest BCUT2D eigenvalue weighted by Gasteiger charge is 2.70. The molecule has 0 spiro atoms. The second kappa shape index (κ2) is 4.74. The van der Waals surface area contributed by atoms with Crippen molar-refractivity contribution in [2.75, 3.05) is 13.7 Å². The third-order valence-corrected chi connectivity index (χ3v) is 5.27. The number of halogens is 1. The Morgan fingerprint density at radius 1 is 1.45 bits per heavy atom. The molecule has 3 nitrogen and oxygen atoms in total. The van der Waals surface area contributed by atoms with E-state index in [2.05, 4.69) is 6.92 Å². The molecule has 1 saturated heterocycles. The number of methoxy groups -OCH3 is 1. The molecule has 2 aliphatic rings. The minimum absolute atomic E-state index is 0.0722. The molecule has 4 heteroatoms. The molecule has 1 heterocycles. The van der Waals surface area contributed by atoms with Gasteiger partial charge in [-0.25, -0.2) is 4.79 Å². The summed E-state index contributed by atoms with van der Waals surface area (Å²) in [5.74, 6) is -0.0439. The van der Waals surface area contributed by atoms with E-state index in [1.165, 1.54) is 12.7 Å². The quantitative estimate of drug-likeness (QED) is 0.803. The summed E-state index contributed by atoms with van der Waals surface area (Å²) < 4.78 is 10.8. The number of esters is 1. The molecule has 3 atom stereocenters. The minimum Gasteiger partial charge on any atom is -0.467 e. The largest absolute Gasteiger partial charge is 0.467 e. The number of carbonyl (C=O) groups is 1. The van der Waals surface area contributed by atoms with Gasteiger partial charge in [-0.2, -0.15) is 0 Å². The Bertz CT molecular complexity index is 527. The van der Waals surface area contributed by atoms with Crippen LogP contribution in [0, 0.1) is 11.3 Å². The number of rotatable bonds is 3. The normalized spacial score (nSPS) is 35.2. The predicted molar refractivity (Wildman–Crippen MR) is 76.7 cm³/mol. The van der Waals surface area contributed by atoms with E-state index in [1.54, 1.807) is 0 Å². The maximum absolute atomic E-state index is 12.3. The van der Waals surface area contributed by atoms with Crippen LogP contribution in [0.1, 0.15) is 25.3 Å². The molecular formula is C16H19ClO3. The van der Waals surface area contributed by atoms with E-state index in [9.17, 15) is 4.79 Å². The number of carbonyl (C=O) groups excluding carboxylic acids is 1. The van der Waals surface area contributed by atoms with Gasteiger partial charge in [0.1, 0.15) is 0 Å². The predicted octanol–water partition coefficient (Wildman–Crippen LogP) is 3.24. The summed E-state index contributed by atoms with van der Waals surface area (Å²) in [4.78, 5) is 12.3. The molecule has 1 aliphatic carbocycles. The average Bonchev–Trinajstić information content (AvgIpc) is 2.62. The average molecular weight is 295 g/mol. The van der Waals surface area contributed by atoms with Gasteiger partial charge in [0.25, 0.3) is 0 Å². The van der Waals surface area contributed by atoms with Crippen LogP contribution in [0.25, 0.3) is 0 Å². The summed E-state index contributed by atoms with van der Waals surface area (Å²) >= 11 is 5.91. The third-order valence-electron chi connectivity index (χ3n) is 5.02. The second-order valence-electron chi connectivity index (χ2n) is 6.14. The Morgan fingerprint density at radius 2 is 2.15 bits per heavy atom. The molecule has 0 radical (unpaired) electrons. The first-order valence-electron chi connectivity index (χ1n) is 6.99. The zero-order valence-corrected chi connectivity index (χ0v) is 12.6. The first kappa shape index (κ1) is 13.9.